The Morgan fingerprint density at radius 2 is 1.81 bits per heavy atom. The van der Waals surface area contributed by atoms with Crippen LogP contribution < -0.4 is 5.32 Å². The fraction of sp³-hybridized carbons (Fsp3) is 0.118. The summed E-state index contributed by atoms with van der Waals surface area (Å²) in [5, 5.41) is 13.9. The number of benzene rings is 2. The molecule has 2 aromatic carbocycles. The Morgan fingerprint density at radius 3 is 2.44 bits per heavy atom. The fourth-order valence-corrected chi connectivity index (χ4v) is 2.81. The van der Waals surface area contributed by atoms with Crippen molar-refractivity contribution >= 4 is 40.8 Å². The van der Waals surface area contributed by atoms with Gasteiger partial charge in [-0.1, -0.05) is 53.5 Å². The number of rotatable bonds is 6. The second-order valence-corrected chi connectivity index (χ2v) is 6.31. The van der Waals surface area contributed by atoms with E-state index in [0.29, 0.717) is 21.3 Å². The van der Waals surface area contributed by atoms with Crippen LogP contribution in [-0.2, 0) is 20.9 Å². The Bertz CT molecular complexity index is 915. The second kappa shape index (κ2) is 8.61. The van der Waals surface area contributed by atoms with Crippen molar-refractivity contribution in [2.75, 3.05) is 5.32 Å². The molecule has 8 nitrogen and oxygen atoms in total. The minimum Gasteiger partial charge on any atom is -0.446 e. The van der Waals surface area contributed by atoms with Gasteiger partial charge in [0, 0.05) is 21.3 Å². The van der Waals surface area contributed by atoms with Crippen molar-refractivity contribution in [1.82, 2.24) is 20.2 Å². The molecule has 3 rings (SSSR count). The van der Waals surface area contributed by atoms with Crippen LogP contribution in [0.25, 0.3) is 0 Å². The maximum absolute atomic E-state index is 12.8. The van der Waals surface area contributed by atoms with E-state index < -0.39 is 18.0 Å². The van der Waals surface area contributed by atoms with Crippen LogP contribution in [0.15, 0.2) is 54.9 Å². The first-order valence-corrected chi connectivity index (χ1v) is 8.49. The number of ether oxygens (including phenoxy) is 1. The number of nitrogens with zero attached hydrogens (tertiary/aromatic N) is 4. The minimum absolute atomic E-state index is 0.230. The number of esters is 1. The van der Waals surface area contributed by atoms with Crippen LogP contribution in [0.1, 0.15) is 11.7 Å². The molecule has 0 aliphatic heterocycles. The molecule has 0 saturated carbocycles. The van der Waals surface area contributed by atoms with Gasteiger partial charge in [-0.3, -0.25) is 9.59 Å². The van der Waals surface area contributed by atoms with Crippen molar-refractivity contribution in [3.05, 3.63) is 70.5 Å². The summed E-state index contributed by atoms with van der Waals surface area (Å²) in [6.45, 7) is -0.230. The first-order chi connectivity index (χ1) is 13.0. The van der Waals surface area contributed by atoms with Crippen LogP contribution in [0.2, 0.25) is 10.0 Å². The largest absolute Gasteiger partial charge is 0.446 e. The molecule has 10 heteroatoms. The molecule has 0 spiro atoms. The standard InChI is InChI=1S/C17H13Cl2N5O3/c18-12-6-13(19)8-14(7-12)21-17(26)16(11-4-2-1-3-5-11)27-15(25)9-24-10-20-22-23-24/h1-8,10,16H,9H2,(H,21,26)/t16-/m1/s1. The van der Waals surface area contributed by atoms with Crippen LogP contribution in [0.4, 0.5) is 5.69 Å². The van der Waals surface area contributed by atoms with Crippen LogP contribution in [0, 0.1) is 0 Å². The van der Waals surface area contributed by atoms with Gasteiger partial charge in [0.25, 0.3) is 5.91 Å². The summed E-state index contributed by atoms with van der Waals surface area (Å²) in [5.74, 6) is -1.22. The van der Waals surface area contributed by atoms with E-state index in [-0.39, 0.29) is 6.54 Å². The molecule has 0 bridgehead atoms. The molecule has 0 radical (unpaired) electrons. The van der Waals surface area contributed by atoms with E-state index in [2.05, 4.69) is 20.8 Å². The molecular formula is C17H13Cl2N5O3. The Hall–Kier alpha value is -2.97. The lowest BCUT2D eigenvalue weighted by Gasteiger charge is -2.18. The Labute approximate surface area is 164 Å². The Balaban J connectivity index is 1.78. The van der Waals surface area contributed by atoms with Gasteiger partial charge in [0.2, 0.25) is 6.10 Å². The number of amides is 1. The van der Waals surface area contributed by atoms with E-state index in [9.17, 15) is 9.59 Å². The summed E-state index contributed by atoms with van der Waals surface area (Å²) in [6.07, 6.45) is 0.0975. The van der Waals surface area contributed by atoms with E-state index >= 15 is 0 Å². The normalized spacial score (nSPS) is 11.6. The third kappa shape index (κ3) is 5.25. The number of nitrogens with one attached hydrogen (secondary N) is 1. The molecule has 0 saturated heterocycles. The molecule has 138 valence electrons. The molecule has 1 N–H and O–H groups in total. The first-order valence-electron chi connectivity index (χ1n) is 7.73. The van der Waals surface area contributed by atoms with E-state index in [1.807, 2.05) is 0 Å². The van der Waals surface area contributed by atoms with Crippen molar-refractivity contribution in [1.29, 1.82) is 0 Å². The third-order valence-corrected chi connectivity index (χ3v) is 3.84. The number of aromatic nitrogens is 4. The highest BCUT2D eigenvalue weighted by atomic mass is 35.5. The van der Waals surface area contributed by atoms with Crippen LogP contribution in [0.5, 0.6) is 0 Å². The zero-order chi connectivity index (χ0) is 19.2. The summed E-state index contributed by atoms with van der Waals surface area (Å²) >= 11 is 11.9. The average Bonchev–Trinajstić information content (AvgIpc) is 3.12. The monoisotopic (exact) mass is 405 g/mol. The molecule has 0 aliphatic carbocycles. The van der Waals surface area contributed by atoms with Crippen molar-refractivity contribution < 1.29 is 14.3 Å². The molecule has 1 amide bonds. The number of anilines is 1. The zero-order valence-corrected chi connectivity index (χ0v) is 15.3. The highest BCUT2D eigenvalue weighted by molar-refractivity contribution is 6.35. The van der Waals surface area contributed by atoms with Crippen molar-refractivity contribution in [3.63, 3.8) is 0 Å². The molecule has 1 atom stereocenters. The van der Waals surface area contributed by atoms with Gasteiger partial charge in [0.05, 0.1) is 0 Å². The van der Waals surface area contributed by atoms with Crippen molar-refractivity contribution in [3.8, 4) is 0 Å². The van der Waals surface area contributed by atoms with Gasteiger partial charge in [-0.25, -0.2) is 4.68 Å². The zero-order valence-electron chi connectivity index (χ0n) is 13.8. The van der Waals surface area contributed by atoms with Gasteiger partial charge < -0.3 is 10.1 Å². The molecule has 0 unspecified atom stereocenters. The topological polar surface area (TPSA) is 99.0 Å². The first kappa shape index (κ1) is 18.8. The second-order valence-electron chi connectivity index (χ2n) is 5.44. The van der Waals surface area contributed by atoms with E-state index in [4.69, 9.17) is 27.9 Å². The molecular weight excluding hydrogens is 393 g/mol. The SMILES string of the molecule is O=C(Cn1cnnn1)O[C@@H](C(=O)Nc1cc(Cl)cc(Cl)c1)c1ccccc1. The summed E-state index contributed by atoms with van der Waals surface area (Å²) in [4.78, 5) is 25.0. The molecule has 1 heterocycles. The molecule has 27 heavy (non-hydrogen) atoms. The lowest BCUT2D eigenvalue weighted by Crippen LogP contribution is -2.27. The Morgan fingerprint density at radius 1 is 1.11 bits per heavy atom. The summed E-state index contributed by atoms with van der Waals surface area (Å²) in [7, 11) is 0. The van der Waals surface area contributed by atoms with E-state index in [1.54, 1.807) is 36.4 Å². The van der Waals surface area contributed by atoms with Gasteiger partial charge in [0.1, 0.15) is 12.9 Å². The summed E-state index contributed by atoms with van der Waals surface area (Å²) < 4.78 is 6.56. The number of halogens is 2. The maximum atomic E-state index is 12.8. The number of carbonyl (C=O) groups is 2. The van der Waals surface area contributed by atoms with Gasteiger partial charge in [-0.2, -0.15) is 0 Å². The molecule has 0 fully saturated rings. The maximum Gasteiger partial charge on any atom is 0.329 e. The number of tetrazole rings is 1. The minimum atomic E-state index is -1.17. The smallest absolute Gasteiger partial charge is 0.329 e. The van der Waals surface area contributed by atoms with Gasteiger partial charge in [-0.05, 0) is 28.6 Å². The van der Waals surface area contributed by atoms with Crippen molar-refractivity contribution in [2.24, 2.45) is 0 Å². The lowest BCUT2D eigenvalue weighted by molar-refractivity contribution is -0.155. The van der Waals surface area contributed by atoms with Crippen LogP contribution in [0.3, 0.4) is 0 Å². The number of carbonyl (C=O) groups excluding carboxylic acids is 2. The fourth-order valence-electron chi connectivity index (χ4n) is 2.29. The summed E-state index contributed by atoms with van der Waals surface area (Å²) in [6, 6.07) is 13.2. The average molecular weight is 406 g/mol. The predicted molar refractivity (Wildman–Crippen MR) is 98.2 cm³/mol. The lowest BCUT2D eigenvalue weighted by atomic mass is 10.1. The van der Waals surface area contributed by atoms with E-state index in [1.165, 1.54) is 23.1 Å². The van der Waals surface area contributed by atoms with Gasteiger partial charge >= 0.3 is 5.97 Å². The highest BCUT2D eigenvalue weighted by Gasteiger charge is 2.25. The third-order valence-electron chi connectivity index (χ3n) is 3.40. The molecule has 3 aromatic rings. The number of hydrogen-bond donors (Lipinski definition) is 1. The molecule has 1 aromatic heterocycles. The van der Waals surface area contributed by atoms with Gasteiger partial charge in [0.15, 0.2) is 0 Å². The van der Waals surface area contributed by atoms with Crippen LogP contribution in [-0.4, -0.2) is 32.1 Å². The molecule has 0 aliphatic rings. The van der Waals surface area contributed by atoms with Gasteiger partial charge in [-0.15, -0.1) is 5.10 Å². The Kier molecular flexibility index (Phi) is 6.00. The summed E-state index contributed by atoms with van der Waals surface area (Å²) in [5.41, 5.74) is 0.892. The predicted octanol–water partition coefficient (Wildman–Crippen LogP) is 2.90. The highest BCUT2D eigenvalue weighted by Crippen LogP contribution is 2.25. The van der Waals surface area contributed by atoms with E-state index in [0.717, 1.165) is 0 Å². The quantitative estimate of drug-likeness (QED) is 0.632. The van der Waals surface area contributed by atoms with Crippen molar-refractivity contribution in [2.45, 2.75) is 12.6 Å². The number of hydrogen-bond acceptors (Lipinski definition) is 6. The van der Waals surface area contributed by atoms with Crippen LogP contribution >= 0.6 is 23.2 Å².